The molecule has 2 N–H and O–H groups in total. The van der Waals surface area contributed by atoms with Gasteiger partial charge in [0.25, 0.3) is 5.91 Å². The van der Waals surface area contributed by atoms with E-state index in [0.29, 0.717) is 30.8 Å². The minimum Gasteiger partial charge on any atom is -0.364 e. The molecule has 1 unspecified atom stereocenters. The first-order chi connectivity index (χ1) is 13.8. The van der Waals surface area contributed by atoms with E-state index in [0.717, 1.165) is 17.3 Å². The predicted octanol–water partition coefficient (Wildman–Crippen LogP) is 2.37. The lowest BCUT2D eigenvalue weighted by atomic mass is 9.92. The summed E-state index contributed by atoms with van der Waals surface area (Å²) in [5, 5.41) is 7.90. The average Bonchev–Trinajstić information content (AvgIpc) is 3.12. The molecular formula is C20H20F2N6O. The molecule has 2 aromatic heterocycles. The van der Waals surface area contributed by atoms with Crippen molar-refractivity contribution in [2.75, 3.05) is 6.54 Å². The Kier molecular flexibility index (Phi) is 4.83. The number of carbonyl (C=O) groups is 1. The van der Waals surface area contributed by atoms with Crippen LogP contribution in [0, 0.1) is 11.6 Å². The Morgan fingerprint density at radius 1 is 1.24 bits per heavy atom. The van der Waals surface area contributed by atoms with Gasteiger partial charge in [-0.3, -0.25) is 14.4 Å². The largest absolute Gasteiger partial charge is 0.364 e. The third-order valence-electron chi connectivity index (χ3n) is 5.41. The van der Waals surface area contributed by atoms with Gasteiger partial charge in [0.15, 0.2) is 0 Å². The van der Waals surface area contributed by atoms with Crippen molar-refractivity contribution in [2.45, 2.75) is 25.9 Å². The summed E-state index contributed by atoms with van der Waals surface area (Å²) in [6.07, 6.45) is 2.32. The summed E-state index contributed by atoms with van der Waals surface area (Å²) in [5.74, 6) is -2.04. The van der Waals surface area contributed by atoms with Gasteiger partial charge >= 0.3 is 0 Å². The number of nitrogens with zero attached hydrogens (tertiary/aromatic N) is 5. The smallest absolute Gasteiger partial charge is 0.267 e. The van der Waals surface area contributed by atoms with Gasteiger partial charge in [-0.15, -0.1) is 5.10 Å². The van der Waals surface area contributed by atoms with Crippen LogP contribution in [0.2, 0.25) is 0 Å². The van der Waals surface area contributed by atoms with Crippen molar-refractivity contribution in [3.05, 3.63) is 64.7 Å². The summed E-state index contributed by atoms with van der Waals surface area (Å²) < 4.78 is 29.6. The van der Waals surface area contributed by atoms with Gasteiger partial charge in [0.2, 0.25) is 0 Å². The standard InChI is InChI=1S/C20H20F2N6O/c1-11(19-9-24-26-27(19)2)28-6-5-14-15(13-4-3-12(21)7-16(13)22)8-17(20(23)29)25-18(14)10-28/h3-4,7-9,11H,5-6,10H2,1-2H3,(H2,23,29). The second-order valence-corrected chi connectivity index (χ2v) is 7.15. The van der Waals surface area contributed by atoms with Crippen molar-refractivity contribution in [1.82, 2.24) is 24.9 Å². The molecule has 7 nitrogen and oxygen atoms in total. The second-order valence-electron chi connectivity index (χ2n) is 7.15. The lowest BCUT2D eigenvalue weighted by Gasteiger charge is -2.34. The average molecular weight is 398 g/mol. The number of nitrogens with two attached hydrogens (primary N) is 1. The van der Waals surface area contributed by atoms with Crippen LogP contribution in [-0.4, -0.2) is 37.3 Å². The molecule has 0 saturated carbocycles. The molecule has 0 radical (unpaired) electrons. The number of amides is 1. The lowest BCUT2D eigenvalue weighted by molar-refractivity contribution is 0.0994. The molecule has 29 heavy (non-hydrogen) atoms. The van der Waals surface area contributed by atoms with Crippen molar-refractivity contribution in [1.29, 1.82) is 0 Å². The highest BCUT2D eigenvalue weighted by atomic mass is 19.1. The van der Waals surface area contributed by atoms with Crippen molar-refractivity contribution in [3.8, 4) is 11.1 Å². The molecule has 0 aliphatic carbocycles. The molecule has 0 spiro atoms. The van der Waals surface area contributed by atoms with Gasteiger partial charge in [-0.05, 0) is 42.7 Å². The van der Waals surface area contributed by atoms with E-state index in [2.05, 4.69) is 20.2 Å². The predicted molar refractivity (Wildman–Crippen MR) is 102 cm³/mol. The van der Waals surface area contributed by atoms with Gasteiger partial charge in [-0.25, -0.2) is 13.8 Å². The zero-order valence-corrected chi connectivity index (χ0v) is 16.1. The van der Waals surface area contributed by atoms with Crippen LogP contribution < -0.4 is 5.73 Å². The van der Waals surface area contributed by atoms with Gasteiger partial charge in [0.1, 0.15) is 17.3 Å². The van der Waals surface area contributed by atoms with E-state index >= 15 is 0 Å². The molecule has 1 atom stereocenters. The van der Waals surface area contributed by atoms with Crippen LogP contribution in [-0.2, 0) is 20.0 Å². The summed E-state index contributed by atoms with van der Waals surface area (Å²) in [6, 6.07) is 4.91. The summed E-state index contributed by atoms with van der Waals surface area (Å²) in [5.41, 5.74) is 8.71. The molecule has 1 aliphatic rings. The van der Waals surface area contributed by atoms with Gasteiger partial charge < -0.3 is 5.73 Å². The molecule has 3 aromatic rings. The maximum atomic E-state index is 14.5. The van der Waals surface area contributed by atoms with Crippen LogP contribution in [0.15, 0.2) is 30.5 Å². The number of hydrogen-bond acceptors (Lipinski definition) is 5. The van der Waals surface area contributed by atoms with Crippen molar-refractivity contribution in [3.63, 3.8) is 0 Å². The van der Waals surface area contributed by atoms with E-state index in [4.69, 9.17) is 5.73 Å². The number of carbonyl (C=O) groups excluding carboxylic acids is 1. The molecule has 0 bridgehead atoms. The molecular weight excluding hydrogens is 378 g/mol. The number of fused-ring (bicyclic) bond motifs is 1. The van der Waals surface area contributed by atoms with Crippen molar-refractivity contribution >= 4 is 5.91 Å². The SMILES string of the molecule is CC(c1cnnn1C)N1CCc2c(-c3ccc(F)cc3F)cc(C(N)=O)nc2C1. The summed E-state index contributed by atoms with van der Waals surface area (Å²) >= 11 is 0. The zero-order valence-electron chi connectivity index (χ0n) is 16.1. The number of halogens is 2. The Labute approximate surface area is 166 Å². The van der Waals surface area contributed by atoms with Gasteiger partial charge in [-0.2, -0.15) is 0 Å². The zero-order chi connectivity index (χ0) is 20.7. The number of aryl methyl sites for hydroxylation is 1. The fourth-order valence-corrected chi connectivity index (χ4v) is 3.83. The molecule has 3 heterocycles. The molecule has 1 amide bonds. The first-order valence-corrected chi connectivity index (χ1v) is 9.21. The van der Waals surface area contributed by atoms with Crippen LogP contribution >= 0.6 is 0 Å². The van der Waals surface area contributed by atoms with Gasteiger partial charge in [-0.1, -0.05) is 5.21 Å². The third-order valence-corrected chi connectivity index (χ3v) is 5.41. The van der Waals surface area contributed by atoms with E-state index in [1.807, 2.05) is 14.0 Å². The quantitative estimate of drug-likeness (QED) is 0.729. The molecule has 1 aliphatic heterocycles. The third kappa shape index (κ3) is 3.49. The monoisotopic (exact) mass is 398 g/mol. The number of hydrogen-bond donors (Lipinski definition) is 1. The number of benzene rings is 1. The van der Waals surface area contributed by atoms with Gasteiger partial charge in [0.05, 0.1) is 23.6 Å². The van der Waals surface area contributed by atoms with Crippen LogP contribution in [0.5, 0.6) is 0 Å². The molecule has 9 heteroatoms. The summed E-state index contributed by atoms with van der Waals surface area (Å²) in [4.78, 5) is 18.4. The summed E-state index contributed by atoms with van der Waals surface area (Å²) in [6.45, 7) is 3.20. The van der Waals surface area contributed by atoms with E-state index in [1.54, 1.807) is 10.9 Å². The highest BCUT2D eigenvalue weighted by Crippen LogP contribution is 2.34. The number of primary amides is 1. The van der Waals surface area contributed by atoms with Crippen molar-refractivity contribution < 1.29 is 13.6 Å². The topological polar surface area (TPSA) is 89.9 Å². The fraction of sp³-hybridized carbons (Fsp3) is 0.300. The second kappa shape index (κ2) is 7.32. The molecule has 4 rings (SSSR count). The normalized spacial score (nSPS) is 15.2. The van der Waals surface area contributed by atoms with E-state index in [-0.39, 0.29) is 17.3 Å². The molecule has 1 aromatic carbocycles. The van der Waals surface area contributed by atoms with Crippen molar-refractivity contribution in [2.24, 2.45) is 12.8 Å². The minimum atomic E-state index is -0.697. The number of rotatable bonds is 4. The Morgan fingerprint density at radius 3 is 2.69 bits per heavy atom. The first kappa shape index (κ1) is 19.1. The summed E-state index contributed by atoms with van der Waals surface area (Å²) in [7, 11) is 1.83. The van der Waals surface area contributed by atoms with Crippen LogP contribution in [0.3, 0.4) is 0 Å². The minimum absolute atomic E-state index is 0.0215. The Balaban J connectivity index is 1.77. The number of aromatic nitrogens is 4. The Morgan fingerprint density at radius 2 is 2.03 bits per heavy atom. The lowest BCUT2D eigenvalue weighted by Crippen LogP contribution is -2.35. The van der Waals surface area contributed by atoms with Crippen LogP contribution in [0.4, 0.5) is 8.78 Å². The van der Waals surface area contributed by atoms with Crippen LogP contribution in [0.25, 0.3) is 11.1 Å². The van der Waals surface area contributed by atoms with Gasteiger partial charge in [0, 0.05) is 31.8 Å². The fourth-order valence-electron chi connectivity index (χ4n) is 3.83. The Bertz CT molecular complexity index is 1100. The molecule has 150 valence electrons. The highest BCUT2D eigenvalue weighted by Gasteiger charge is 2.28. The molecule has 0 saturated heterocycles. The molecule has 0 fully saturated rings. The van der Waals surface area contributed by atoms with Crippen LogP contribution in [0.1, 0.15) is 40.4 Å². The number of pyridine rings is 1. The van der Waals surface area contributed by atoms with E-state index in [9.17, 15) is 13.6 Å². The maximum Gasteiger partial charge on any atom is 0.267 e. The maximum absolute atomic E-state index is 14.5. The van der Waals surface area contributed by atoms with E-state index in [1.165, 1.54) is 18.2 Å². The Hall–Kier alpha value is -3.20. The highest BCUT2D eigenvalue weighted by molar-refractivity contribution is 5.92. The first-order valence-electron chi connectivity index (χ1n) is 9.21. The van der Waals surface area contributed by atoms with E-state index < -0.39 is 17.5 Å².